The molecule has 0 aliphatic carbocycles. The molecule has 3 aromatic heterocycles. The van der Waals surface area contributed by atoms with Crippen molar-refractivity contribution in [3.05, 3.63) is 53.2 Å². The number of H-pyrrole nitrogens is 1. The Hall–Kier alpha value is -3.91. The van der Waals surface area contributed by atoms with Crippen molar-refractivity contribution >= 4 is 27.6 Å². The highest BCUT2D eigenvalue weighted by Crippen LogP contribution is 2.42. The molecule has 5 aromatic rings. The topological polar surface area (TPSA) is 100 Å². The Morgan fingerprint density at radius 3 is 2.42 bits per heavy atom. The van der Waals surface area contributed by atoms with E-state index in [0.717, 1.165) is 67.0 Å². The number of hydrogen-bond donors (Lipinski definition) is 2. The van der Waals surface area contributed by atoms with Gasteiger partial charge in [0.05, 0.1) is 35.0 Å². The maximum Gasteiger partial charge on any atom is 0.142 e. The van der Waals surface area contributed by atoms with E-state index in [2.05, 4.69) is 16.2 Å². The number of anilines is 1. The van der Waals surface area contributed by atoms with Gasteiger partial charge in [-0.05, 0) is 58.9 Å². The summed E-state index contributed by atoms with van der Waals surface area (Å²) < 4.78 is 11.2. The van der Waals surface area contributed by atoms with Crippen LogP contribution in [0.25, 0.3) is 44.3 Å². The second-order valence-corrected chi connectivity index (χ2v) is 9.95. The molecular weight excluding hydrogens is 454 g/mol. The summed E-state index contributed by atoms with van der Waals surface area (Å²) in [6.45, 7) is 9.30. The molecule has 0 saturated carbocycles. The van der Waals surface area contributed by atoms with Gasteiger partial charge in [-0.1, -0.05) is 11.2 Å². The standard InChI is InChI=1S/C28H31N5O3/c1-14-24(15(2)36-32-14)19-12-21-18(13-23(19)35-8)25-26(29-16(3)30-27(25)31-21)17-9-10-22(33(6)7)20(11-17)28(4,5)34/h9-13,34H,1-8H3,(H,29,30,31). The average Bonchev–Trinajstić information content (AvgIpc) is 3.34. The summed E-state index contributed by atoms with van der Waals surface area (Å²) in [5, 5.41) is 16.9. The largest absolute Gasteiger partial charge is 0.496 e. The smallest absolute Gasteiger partial charge is 0.142 e. The first-order chi connectivity index (χ1) is 17.0. The van der Waals surface area contributed by atoms with Crippen LogP contribution >= 0.6 is 0 Å². The molecule has 2 N–H and O–H groups in total. The minimum absolute atomic E-state index is 0.656. The van der Waals surface area contributed by atoms with E-state index < -0.39 is 5.60 Å². The molecule has 0 atom stereocenters. The normalized spacial score (nSPS) is 12.0. The van der Waals surface area contributed by atoms with E-state index in [4.69, 9.17) is 19.2 Å². The zero-order valence-corrected chi connectivity index (χ0v) is 21.9. The number of rotatable bonds is 5. The predicted molar refractivity (Wildman–Crippen MR) is 143 cm³/mol. The van der Waals surface area contributed by atoms with Gasteiger partial charge in [0.1, 0.15) is 23.0 Å². The number of benzene rings is 2. The van der Waals surface area contributed by atoms with Crippen LogP contribution in [-0.2, 0) is 5.60 Å². The van der Waals surface area contributed by atoms with Gasteiger partial charge < -0.3 is 24.3 Å². The molecule has 8 nitrogen and oxygen atoms in total. The number of hydrogen-bond acceptors (Lipinski definition) is 7. The molecule has 2 aromatic carbocycles. The van der Waals surface area contributed by atoms with Crippen molar-refractivity contribution in [2.75, 3.05) is 26.1 Å². The van der Waals surface area contributed by atoms with E-state index in [9.17, 15) is 5.11 Å². The lowest BCUT2D eigenvalue weighted by atomic mass is 9.92. The SMILES string of the molecule is COc1cc2c(cc1-c1c(C)noc1C)[nH]c1nc(C)nc(-c3ccc(N(C)C)c(C(C)(C)O)c3)c12. The third kappa shape index (κ3) is 3.78. The first-order valence-corrected chi connectivity index (χ1v) is 11.9. The monoisotopic (exact) mass is 485 g/mol. The highest BCUT2D eigenvalue weighted by molar-refractivity contribution is 6.13. The van der Waals surface area contributed by atoms with Crippen LogP contribution in [0.1, 0.15) is 36.7 Å². The number of nitrogens with zero attached hydrogens (tertiary/aromatic N) is 4. The Labute approximate surface area is 209 Å². The Balaban J connectivity index is 1.82. The molecule has 0 unspecified atom stereocenters. The van der Waals surface area contributed by atoms with E-state index in [1.165, 1.54) is 0 Å². The molecule has 5 rings (SSSR count). The highest BCUT2D eigenvalue weighted by Gasteiger charge is 2.24. The third-order valence-electron chi connectivity index (χ3n) is 6.60. The first kappa shape index (κ1) is 23.8. The van der Waals surface area contributed by atoms with Gasteiger partial charge in [-0.15, -0.1) is 0 Å². The zero-order chi connectivity index (χ0) is 25.9. The first-order valence-electron chi connectivity index (χ1n) is 11.9. The number of nitrogens with one attached hydrogen (secondary N) is 1. The number of fused-ring (bicyclic) bond motifs is 3. The molecule has 8 heteroatoms. The number of ether oxygens (including phenoxy) is 1. The van der Waals surface area contributed by atoms with Crippen molar-refractivity contribution in [2.45, 2.75) is 40.2 Å². The molecule has 0 aliphatic heterocycles. The quantitative estimate of drug-likeness (QED) is 0.331. The van der Waals surface area contributed by atoms with Gasteiger partial charge in [0.25, 0.3) is 0 Å². The number of aryl methyl sites for hydroxylation is 3. The Bertz CT molecular complexity index is 1600. The fourth-order valence-electron chi connectivity index (χ4n) is 4.94. The zero-order valence-electron chi connectivity index (χ0n) is 21.9. The molecule has 3 heterocycles. The molecule has 0 spiro atoms. The van der Waals surface area contributed by atoms with Crippen LogP contribution in [0.4, 0.5) is 5.69 Å². The molecule has 36 heavy (non-hydrogen) atoms. The number of aromatic nitrogens is 4. The van der Waals surface area contributed by atoms with Crippen LogP contribution in [-0.4, -0.2) is 46.4 Å². The molecule has 0 bridgehead atoms. The van der Waals surface area contributed by atoms with Crippen molar-refractivity contribution in [2.24, 2.45) is 0 Å². The van der Waals surface area contributed by atoms with Gasteiger partial charge in [-0.2, -0.15) is 0 Å². The Morgan fingerprint density at radius 1 is 1.06 bits per heavy atom. The van der Waals surface area contributed by atoms with Gasteiger partial charge in [0.15, 0.2) is 0 Å². The number of aromatic amines is 1. The van der Waals surface area contributed by atoms with Crippen LogP contribution < -0.4 is 9.64 Å². The minimum atomic E-state index is -1.02. The summed E-state index contributed by atoms with van der Waals surface area (Å²) in [5.74, 6) is 2.10. The van der Waals surface area contributed by atoms with Crippen LogP contribution in [0.15, 0.2) is 34.9 Å². The van der Waals surface area contributed by atoms with Crippen molar-refractivity contribution in [1.29, 1.82) is 0 Å². The van der Waals surface area contributed by atoms with E-state index in [1.807, 2.05) is 64.0 Å². The van der Waals surface area contributed by atoms with Crippen molar-refractivity contribution in [3.63, 3.8) is 0 Å². The minimum Gasteiger partial charge on any atom is -0.496 e. The third-order valence-corrected chi connectivity index (χ3v) is 6.60. The molecule has 0 saturated heterocycles. The van der Waals surface area contributed by atoms with E-state index in [0.29, 0.717) is 11.6 Å². The lowest BCUT2D eigenvalue weighted by Gasteiger charge is -2.26. The number of aliphatic hydroxyl groups is 1. The van der Waals surface area contributed by atoms with Crippen LogP contribution in [0, 0.1) is 20.8 Å². The summed E-state index contributed by atoms with van der Waals surface area (Å²) in [5.41, 5.74) is 6.74. The van der Waals surface area contributed by atoms with Crippen molar-refractivity contribution < 1.29 is 14.4 Å². The van der Waals surface area contributed by atoms with Crippen molar-refractivity contribution in [1.82, 2.24) is 20.1 Å². The van der Waals surface area contributed by atoms with E-state index in [-0.39, 0.29) is 0 Å². The van der Waals surface area contributed by atoms with Crippen LogP contribution in [0.3, 0.4) is 0 Å². The molecule has 0 aliphatic rings. The lowest BCUT2D eigenvalue weighted by Crippen LogP contribution is -2.21. The molecule has 0 fully saturated rings. The molecule has 186 valence electrons. The van der Waals surface area contributed by atoms with E-state index in [1.54, 1.807) is 21.0 Å². The molecular formula is C28H31N5O3. The predicted octanol–water partition coefficient (Wildman–Crippen LogP) is 5.66. The van der Waals surface area contributed by atoms with Gasteiger partial charge in [0, 0.05) is 47.4 Å². The summed E-state index contributed by atoms with van der Waals surface area (Å²) in [6, 6.07) is 10.2. The second kappa shape index (κ2) is 8.34. The van der Waals surface area contributed by atoms with Crippen molar-refractivity contribution in [3.8, 4) is 28.1 Å². The van der Waals surface area contributed by atoms with Gasteiger partial charge in [-0.3, -0.25) is 0 Å². The van der Waals surface area contributed by atoms with Gasteiger partial charge in [-0.25, -0.2) is 9.97 Å². The summed E-state index contributed by atoms with van der Waals surface area (Å²) in [6.07, 6.45) is 0. The summed E-state index contributed by atoms with van der Waals surface area (Å²) >= 11 is 0. The Kier molecular flexibility index (Phi) is 5.52. The van der Waals surface area contributed by atoms with Gasteiger partial charge in [0.2, 0.25) is 0 Å². The lowest BCUT2D eigenvalue weighted by molar-refractivity contribution is 0.0791. The molecule has 0 amide bonds. The van der Waals surface area contributed by atoms with E-state index >= 15 is 0 Å². The summed E-state index contributed by atoms with van der Waals surface area (Å²) in [4.78, 5) is 15.0. The fourth-order valence-corrected chi connectivity index (χ4v) is 4.94. The second-order valence-electron chi connectivity index (χ2n) is 9.95. The van der Waals surface area contributed by atoms with Crippen LogP contribution in [0.2, 0.25) is 0 Å². The fraction of sp³-hybridized carbons (Fsp3) is 0.321. The van der Waals surface area contributed by atoms with Gasteiger partial charge >= 0.3 is 0 Å². The van der Waals surface area contributed by atoms with Crippen LogP contribution in [0.5, 0.6) is 5.75 Å². The maximum atomic E-state index is 10.9. The average molecular weight is 486 g/mol. The summed E-state index contributed by atoms with van der Waals surface area (Å²) in [7, 11) is 5.61. The maximum absolute atomic E-state index is 10.9. The Morgan fingerprint density at radius 2 is 1.81 bits per heavy atom. The number of methoxy groups -OCH3 is 1. The molecule has 0 radical (unpaired) electrons. The highest BCUT2D eigenvalue weighted by atomic mass is 16.5.